The van der Waals surface area contributed by atoms with Gasteiger partial charge in [-0.15, -0.1) is 0 Å². The average Bonchev–Trinajstić information content (AvgIpc) is 2.37. The fraction of sp³-hybridized carbons (Fsp3) is 0.786. The Kier molecular flexibility index (Phi) is 10.6. The van der Waals surface area contributed by atoms with Gasteiger partial charge in [-0.3, -0.25) is 9.42 Å². The van der Waals surface area contributed by atoms with Gasteiger partial charge in [0, 0.05) is 6.08 Å². The van der Waals surface area contributed by atoms with Crippen molar-refractivity contribution in [2.24, 2.45) is 0 Å². The Bertz CT molecular complexity index is 380. The van der Waals surface area contributed by atoms with Gasteiger partial charge in [-0.25, -0.2) is 9.36 Å². The van der Waals surface area contributed by atoms with Crippen LogP contribution in [-0.2, 0) is 23.2 Å². The Morgan fingerprint density at radius 3 is 2.09 bits per heavy atom. The van der Waals surface area contributed by atoms with E-state index < -0.39 is 7.82 Å². The van der Waals surface area contributed by atoms with E-state index in [4.69, 9.17) is 13.9 Å². The van der Waals surface area contributed by atoms with Crippen LogP contribution in [0.5, 0.6) is 0 Å². The smallest absolute Gasteiger partial charge is 0.463 e. The van der Waals surface area contributed by atoms with Crippen LogP contribution in [0.3, 0.4) is 0 Å². The van der Waals surface area contributed by atoms with Crippen molar-refractivity contribution in [3.8, 4) is 0 Å². The standard InChI is InChI=1S/C14H28NO6P/c1-5-14(16)19-12-10-8-6-7-9-11-13-20-22(17,18)21-15(2,3)4/h5H,1,6-13H2,2-4H3/p+1. The molecule has 7 nitrogen and oxygen atoms in total. The Morgan fingerprint density at radius 2 is 1.59 bits per heavy atom. The highest BCUT2D eigenvalue weighted by atomic mass is 31.2. The molecule has 0 aliphatic rings. The van der Waals surface area contributed by atoms with Gasteiger partial charge in [0.25, 0.3) is 0 Å². The molecule has 0 aromatic carbocycles. The summed E-state index contributed by atoms with van der Waals surface area (Å²) < 4.78 is 26.1. The highest BCUT2D eigenvalue weighted by Crippen LogP contribution is 2.45. The van der Waals surface area contributed by atoms with Crippen molar-refractivity contribution < 1.29 is 32.8 Å². The maximum absolute atomic E-state index is 11.6. The molecular weight excluding hydrogens is 309 g/mol. The van der Waals surface area contributed by atoms with Crippen molar-refractivity contribution in [3.63, 3.8) is 0 Å². The topological polar surface area (TPSA) is 82.1 Å². The van der Waals surface area contributed by atoms with E-state index in [0.717, 1.165) is 38.2 Å². The molecule has 0 aromatic heterocycles. The molecule has 0 rings (SSSR count). The van der Waals surface area contributed by atoms with E-state index in [-0.39, 0.29) is 17.2 Å². The van der Waals surface area contributed by atoms with E-state index in [2.05, 4.69) is 6.58 Å². The molecular formula is C14H29NO6P+. The molecule has 130 valence electrons. The van der Waals surface area contributed by atoms with Crippen LogP contribution in [0.4, 0.5) is 0 Å². The van der Waals surface area contributed by atoms with Gasteiger partial charge < -0.3 is 4.74 Å². The van der Waals surface area contributed by atoms with Gasteiger partial charge in [-0.2, -0.15) is 4.65 Å². The average molecular weight is 338 g/mol. The third-order valence-electron chi connectivity index (χ3n) is 2.55. The Morgan fingerprint density at radius 1 is 1.09 bits per heavy atom. The molecule has 0 aliphatic carbocycles. The lowest BCUT2D eigenvalue weighted by molar-refractivity contribution is -1.04. The molecule has 1 unspecified atom stereocenters. The maximum Gasteiger partial charge on any atom is 0.518 e. The first-order valence-electron chi connectivity index (χ1n) is 7.45. The monoisotopic (exact) mass is 338 g/mol. The molecule has 0 bridgehead atoms. The molecule has 0 radical (unpaired) electrons. The van der Waals surface area contributed by atoms with Gasteiger partial charge in [-0.1, -0.05) is 36.9 Å². The number of unbranched alkanes of at least 4 members (excludes halogenated alkanes) is 5. The molecule has 1 atom stereocenters. The molecule has 1 N–H and O–H groups in total. The van der Waals surface area contributed by atoms with Gasteiger partial charge in [0.2, 0.25) is 0 Å². The lowest BCUT2D eigenvalue weighted by Gasteiger charge is -2.22. The molecule has 0 fully saturated rings. The summed E-state index contributed by atoms with van der Waals surface area (Å²) in [6.07, 6.45) is 6.62. The van der Waals surface area contributed by atoms with Crippen LogP contribution < -0.4 is 0 Å². The Hall–Kier alpha value is -0.720. The van der Waals surface area contributed by atoms with Crippen LogP contribution in [0.25, 0.3) is 0 Å². The van der Waals surface area contributed by atoms with Gasteiger partial charge in [0.15, 0.2) is 0 Å². The summed E-state index contributed by atoms with van der Waals surface area (Å²) in [5.74, 6) is -0.387. The summed E-state index contributed by atoms with van der Waals surface area (Å²) in [6, 6.07) is 0. The number of phosphoric acid groups is 1. The summed E-state index contributed by atoms with van der Waals surface area (Å²) in [5.41, 5.74) is 0. The van der Waals surface area contributed by atoms with Crippen molar-refractivity contribution in [1.29, 1.82) is 0 Å². The SMILES string of the molecule is C=CC(=O)OCCCCCCCCOP(=O)(O)O[N+](C)(C)C. The lowest BCUT2D eigenvalue weighted by Crippen LogP contribution is -2.33. The van der Waals surface area contributed by atoms with Gasteiger partial charge in [-0.05, 0) is 12.8 Å². The fourth-order valence-electron chi connectivity index (χ4n) is 1.66. The molecule has 0 aromatic rings. The number of phosphoric ester groups is 1. The molecule has 22 heavy (non-hydrogen) atoms. The molecule has 0 spiro atoms. The zero-order valence-corrected chi connectivity index (χ0v) is 14.7. The van der Waals surface area contributed by atoms with Gasteiger partial charge in [0.1, 0.15) is 0 Å². The van der Waals surface area contributed by atoms with E-state index in [9.17, 15) is 14.3 Å². The molecule has 0 heterocycles. The number of nitrogens with zero attached hydrogens (tertiary/aromatic N) is 1. The number of esters is 1. The minimum Gasteiger partial charge on any atom is -0.463 e. The fourth-order valence-corrected chi connectivity index (χ4v) is 2.68. The summed E-state index contributed by atoms with van der Waals surface area (Å²) in [4.78, 5) is 20.2. The summed E-state index contributed by atoms with van der Waals surface area (Å²) in [7, 11) is 0.931. The second-order valence-corrected chi connectivity index (χ2v) is 7.12. The second-order valence-electron chi connectivity index (χ2n) is 5.77. The second kappa shape index (κ2) is 10.9. The van der Waals surface area contributed by atoms with Gasteiger partial charge in [0.05, 0.1) is 34.4 Å². The number of carbonyl (C=O) groups excluding carboxylic acids is 1. The molecule has 0 amide bonds. The lowest BCUT2D eigenvalue weighted by atomic mass is 10.1. The first kappa shape index (κ1) is 21.3. The van der Waals surface area contributed by atoms with E-state index >= 15 is 0 Å². The van der Waals surface area contributed by atoms with Crippen LogP contribution >= 0.6 is 7.82 Å². The number of hydroxylamine groups is 3. The van der Waals surface area contributed by atoms with Crippen molar-refractivity contribution in [2.45, 2.75) is 38.5 Å². The summed E-state index contributed by atoms with van der Waals surface area (Å²) in [5, 5.41) is 0. The molecule has 0 saturated heterocycles. The predicted octanol–water partition coefficient (Wildman–Crippen LogP) is 2.81. The Labute approximate surface area is 133 Å². The van der Waals surface area contributed by atoms with Crippen LogP contribution in [0, 0.1) is 0 Å². The molecule has 8 heteroatoms. The highest BCUT2D eigenvalue weighted by molar-refractivity contribution is 7.47. The Balaban J connectivity index is 3.45. The third kappa shape index (κ3) is 14.2. The third-order valence-corrected chi connectivity index (χ3v) is 3.76. The van der Waals surface area contributed by atoms with Crippen LogP contribution in [0.2, 0.25) is 0 Å². The first-order chi connectivity index (χ1) is 10.2. The zero-order chi connectivity index (χ0) is 17.1. The van der Waals surface area contributed by atoms with E-state index in [1.54, 1.807) is 21.1 Å². The summed E-state index contributed by atoms with van der Waals surface area (Å²) in [6.45, 7) is 3.94. The quantitative estimate of drug-likeness (QED) is 0.139. The van der Waals surface area contributed by atoms with Crippen LogP contribution in [0.15, 0.2) is 12.7 Å². The number of hydrogen-bond acceptors (Lipinski definition) is 5. The van der Waals surface area contributed by atoms with Gasteiger partial charge >= 0.3 is 13.8 Å². The first-order valence-corrected chi connectivity index (χ1v) is 8.95. The van der Waals surface area contributed by atoms with Crippen molar-refractivity contribution in [2.75, 3.05) is 34.4 Å². The number of rotatable bonds is 13. The van der Waals surface area contributed by atoms with Crippen molar-refractivity contribution >= 4 is 13.8 Å². The van der Waals surface area contributed by atoms with E-state index in [1.165, 1.54) is 0 Å². The largest absolute Gasteiger partial charge is 0.518 e. The number of ether oxygens (including phenoxy) is 1. The molecule has 0 aliphatic heterocycles. The predicted molar refractivity (Wildman–Crippen MR) is 83.8 cm³/mol. The normalized spacial score (nSPS) is 14.4. The minimum absolute atomic E-state index is 0.0931. The number of carbonyl (C=O) groups is 1. The minimum atomic E-state index is -3.98. The zero-order valence-electron chi connectivity index (χ0n) is 13.8. The molecule has 0 saturated carbocycles. The number of hydrogen-bond donors (Lipinski definition) is 1. The van der Waals surface area contributed by atoms with E-state index in [1.807, 2.05) is 0 Å². The number of quaternary nitrogens is 1. The maximum atomic E-state index is 11.6. The van der Waals surface area contributed by atoms with Crippen molar-refractivity contribution in [3.05, 3.63) is 12.7 Å². The van der Waals surface area contributed by atoms with Crippen LogP contribution in [-0.4, -0.2) is 49.9 Å². The van der Waals surface area contributed by atoms with Crippen molar-refractivity contribution in [1.82, 2.24) is 0 Å². The summed E-state index contributed by atoms with van der Waals surface area (Å²) >= 11 is 0. The van der Waals surface area contributed by atoms with Crippen LogP contribution in [0.1, 0.15) is 38.5 Å². The van der Waals surface area contributed by atoms with E-state index in [0.29, 0.717) is 13.0 Å². The highest BCUT2D eigenvalue weighted by Gasteiger charge is 2.30.